The van der Waals surface area contributed by atoms with Crippen molar-refractivity contribution in [3.05, 3.63) is 11.3 Å². The van der Waals surface area contributed by atoms with E-state index in [9.17, 15) is 9.59 Å². The van der Waals surface area contributed by atoms with Crippen molar-refractivity contribution in [1.82, 2.24) is 0 Å². The molecule has 0 aromatic carbocycles. The first-order valence-corrected chi connectivity index (χ1v) is 4.79. The molecule has 1 aliphatic carbocycles. The molecule has 1 fully saturated rings. The smallest absolute Gasteiger partial charge is 0.307 e. The van der Waals surface area contributed by atoms with Crippen LogP contribution < -0.4 is 0 Å². The molecule has 4 heteroatoms. The van der Waals surface area contributed by atoms with E-state index in [1.165, 1.54) is 13.2 Å². The highest BCUT2D eigenvalue weighted by molar-refractivity contribution is 6.30. The Hall–Kier alpha value is -0.830. The van der Waals surface area contributed by atoms with E-state index in [1.807, 2.05) is 13.8 Å². The first kappa shape index (κ1) is 11.2. The standard InChI is InChI=1S/C10H13ClO3/c1-6(12)14-5-8(11)7-4-9(13)10(7,2)3/h5,7H,4H2,1-3H3/b8-5-. The van der Waals surface area contributed by atoms with Crippen LogP contribution in [0, 0.1) is 11.3 Å². The second-order valence-electron chi connectivity index (χ2n) is 4.01. The molecule has 1 atom stereocenters. The van der Waals surface area contributed by atoms with Crippen LogP contribution in [0.3, 0.4) is 0 Å². The zero-order valence-corrected chi connectivity index (χ0v) is 9.22. The molecule has 0 radical (unpaired) electrons. The molecule has 78 valence electrons. The molecule has 0 aromatic rings. The number of ether oxygens (including phenoxy) is 1. The summed E-state index contributed by atoms with van der Waals surface area (Å²) >= 11 is 5.91. The highest BCUT2D eigenvalue weighted by atomic mass is 35.5. The summed E-state index contributed by atoms with van der Waals surface area (Å²) in [6.07, 6.45) is 1.66. The SMILES string of the molecule is CC(=O)O/C=C(\Cl)C1CC(=O)C1(C)C. The number of carbonyl (C=O) groups excluding carboxylic acids is 2. The summed E-state index contributed by atoms with van der Waals surface area (Å²) < 4.78 is 4.64. The highest BCUT2D eigenvalue weighted by Crippen LogP contribution is 2.47. The summed E-state index contributed by atoms with van der Waals surface area (Å²) in [5, 5.41) is 0.435. The molecular formula is C10H13ClO3. The molecule has 1 rings (SSSR count). The van der Waals surface area contributed by atoms with Crippen molar-refractivity contribution in [2.75, 3.05) is 0 Å². The Balaban J connectivity index is 2.64. The molecule has 1 saturated carbocycles. The predicted octanol–water partition coefficient (Wildman–Crippen LogP) is 2.24. The first-order valence-electron chi connectivity index (χ1n) is 4.41. The van der Waals surface area contributed by atoms with E-state index < -0.39 is 11.4 Å². The van der Waals surface area contributed by atoms with E-state index in [4.69, 9.17) is 11.6 Å². The quantitative estimate of drug-likeness (QED) is 0.525. The maximum absolute atomic E-state index is 11.2. The number of hydrogen-bond donors (Lipinski definition) is 0. The topological polar surface area (TPSA) is 43.4 Å². The molecule has 0 heterocycles. The normalized spacial score (nSPS) is 25.6. The number of allylic oxidation sites excluding steroid dienone is 1. The zero-order valence-electron chi connectivity index (χ0n) is 8.46. The average Bonchev–Trinajstić information content (AvgIpc) is 2.10. The van der Waals surface area contributed by atoms with Gasteiger partial charge >= 0.3 is 5.97 Å². The molecule has 14 heavy (non-hydrogen) atoms. The van der Waals surface area contributed by atoms with Crippen LogP contribution >= 0.6 is 11.6 Å². The Morgan fingerprint density at radius 3 is 2.57 bits per heavy atom. The van der Waals surface area contributed by atoms with Crippen LogP contribution in [-0.4, -0.2) is 11.8 Å². The van der Waals surface area contributed by atoms with E-state index in [0.29, 0.717) is 11.5 Å². The Morgan fingerprint density at radius 1 is 1.64 bits per heavy atom. The third kappa shape index (κ3) is 1.98. The van der Waals surface area contributed by atoms with E-state index in [2.05, 4.69) is 4.74 Å². The fraction of sp³-hybridized carbons (Fsp3) is 0.600. The van der Waals surface area contributed by atoms with Crippen molar-refractivity contribution >= 4 is 23.4 Å². The van der Waals surface area contributed by atoms with Gasteiger partial charge in [0.1, 0.15) is 12.0 Å². The zero-order chi connectivity index (χ0) is 10.9. The van der Waals surface area contributed by atoms with E-state index in [1.54, 1.807) is 0 Å². The number of esters is 1. The minimum absolute atomic E-state index is 0.0176. The van der Waals surface area contributed by atoms with Gasteiger partial charge in [-0.1, -0.05) is 25.4 Å². The van der Waals surface area contributed by atoms with Gasteiger partial charge in [-0.25, -0.2) is 0 Å². The minimum atomic E-state index is -0.423. The minimum Gasteiger partial charge on any atom is -0.433 e. The van der Waals surface area contributed by atoms with Crippen LogP contribution in [-0.2, 0) is 14.3 Å². The lowest BCUT2D eigenvalue weighted by Crippen LogP contribution is -2.45. The summed E-state index contributed by atoms with van der Waals surface area (Å²) in [6.45, 7) is 4.98. The van der Waals surface area contributed by atoms with Crippen molar-refractivity contribution in [2.45, 2.75) is 27.2 Å². The number of carbonyl (C=O) groups is 2. The molecule has 0 aliphatic heterocycles. The lowest BCUT2D eigenvalue weighted by Gasteiger charge is -2.41. The van der Waals surface area contributed by atoms with E-state index in [-0.39, 0.29) is 11.7 Å². The van der Waals surface area contributed by atoms with Gasteiger partial charge in [0.05, 0.1) is 5.03 Å². The van der Waals surface area contributed by atoms with Gasteiger partial charge in [0.25, 0.3) is 0 Å². The van der Waals surface area contributed by atoms with Crippen molar-refractivity contribution < 1.29 is 14.3 Å². The monoisotopic (exact) mass is 216 g/mol. The fourth-order valence-electron chi connectivity index (χ4n) is 1.43. The van der Waals surface area contributed by atoms with Crippen molar-refractivity contribution in [3.8, 4) is 0 Å². The van der Waals surface area contributed by atoms with Crippen LogP contribution in [0.25, 0.3) is 0 Å². The summed E-state index contributed by atoms with van der Waals surface area (Å²) in [5.41, 5.74) is -0.423. The Bertz CT molecular complexity index is 304. The lowest BCUT2D eigenvalue weighted by molar-refractivity contribution is -0.140. The highest BCUT2D eigenvalue weighted by Gasteiger charge is 2.48. The molecule has 0 spiro atoms. The Labute approximate surface area is 88.1 Å². The van der Waals surface area contributed by atoms with Crippen molar-refractivity contribution in [3.63, 3.8) is 0 Å². The second kappa shape index (κ2) is 3.73. The van der Waals surface area contributed by atoms with Gasteiger partial charge in [-0.05, 0) is 0 Å². The van der Waals surface area contributed by atoms with Gasteiger partial charge in [-0.3, -0.25) is 9.59 Å². The van der Waals surface area contributed by atoms with Gasteiger partial charge in [0.2, 0.25) is 0 Å². The van der Waals surface area contributed by atoms with Crippen molar-refractivity contribution in [1.29, 1.82) is 0 Å². The number of rotatable bonds is 2. The fourth-order valence-corrected chi connectivity index (χ4v) is 1.82. The van der Waals surface area contributed by atoms with Crippen LogP contribution in [0.1, 0.15) is 27.2 Å². The van der Waals surface area contributed by atoms with Crippen molar-refractivity contribution in [2.24, 2.45) is 11.3 Å². The van der Waals surface area contributed by atoms with Gasteiger partial charge in [0.15, 0.2) is 0 Å². The van der Waals surface area contributed by atoms with E-state index >= 15 is 0 Å². The first-order chi connectivity index (χ1) is 6.35. The third-order valence-corrected chi connectivity index (χ3v) is 3.00. The molecule has 1 unspecified atom stereocenters. The average molecular weight is 217 g/mol. The second-order valence-corrected chi connectivity index (χ2v) is 4.45. The van der Waals surface area contributed by atoms with E-state index in [0.717, 1.165) is 0 Å². The van der Waals surface area contributed by atoms with Crippen LogP contribution in [0.4, 0.5) is 0 Å². The summed E-state index contributed by atoms with van der Waals surface area (Å²) in [5.74, 6) is -0.237. The van der Waals surface area contributed by atoms with Crippen LogP contribution in [0.2, 0.25) is 0 Å². The molecule has 0 saturated heterocycles. The van der Waals surface area contributed by atoms with Gasteiger partial charge in [-0.15, -0.1) is 0 Å². The largest absolute Gasteiger partial charge is 0.433 e. The lowest BCUT2D eigenvalue weighted by atomic mass is 9.61. The van der Waals surface area contributed by atoms with Crippen LogP contribution in [0.5, 0.6) is 0 Å². The molecule has 0 bridgehead atoms. The summed E-state index contributed by atoms with van der Waals surface area (Å²) in [7, 11) is 0. The number of halogens is 1. The third-order valence-electron chi connectivity index (χ3n) is 2.65. The molecule has 0 aromatic heterocycles. The molecule has 3 nitrogen and oxygen atoms in total. The molecule has 0 amide bonds. The maximum atomic E-state index is 11.2. The van der Waals surface area contributed by atoms with Gasteiger partial charge in [0, 0.05) is 24.7 Å². The number of hydrogen-bond acceptors (Lipinski definition) is 3. The molecular weight excluding hydrogens is 204 g/mol. The maximum Gasteiger partial charge on any atom is 0.307 e. The Kier molecular flexibility index (Phi) is 3.00. The molecule has 1 aliphatic rings. The van der Waals surface area contributed by atoms with Gasteiger partial charge < -0.3 is 4.74 Å². The predicted molar refractivity (Wildman–Crippen MR) is 52.6 cm³/mol. The Morgan fingerprint density at radius 2 is 2.21 bits per heavy atom. The summed E-state index contributed by atoms with van der Waals surface area (Å²) in [6, 6.07) is 0. The van der Waals surface area contributed by atoms with Crippen LogP contribution in [0.15, 0.2) is 11.3 Å². The van der Waals surface area contributed by atoms with Gasteiger partial charge in [-0.2, -0.15) is 0 Å². The number of ketones is 1. The number of Topliss-reactive ketones (excluding diaryl/α,β-unsaturated/α-hetero) is 1. The molecule has 0 N–H and O–H groups in total. The summed E-state index contributed by atoms with van der Waals surface area (Å²) in [4.78, 5) is 21.7.